The molecule has 3 aromatic carbocycles. The average Bonchev–Trinajstić information content (AvgIpc) is 2.82. The van der Waals surface area contributed by atoms with Gasteiger partial charge in [0.2, 0.25) is 11.8 Å². The van der Waals surface area contributed by atoms with E-state index in [0.29, 0.717) is 35.9 Å². The second-order valence-electron chi connectivity index (χ2n) is 8.11. The summed E-state index contributed by atoms with van der Waals surface area (Å²) >= 11 is 12.5. The van der Waals surface area contributed by atoms with Gasteiger partial charge >= 0.3 is 0 Å². The summed E-state index contributed by atoms with van der Waals surface area (Å²) in [5.74, 6) is -0.213. The maximum atomic E-state index is 13.5. The molecule has 0 saturated carbocycles. The van der Waals surface area contributed by atoms with Crippen LogP contribution in [0.4, 0.5) is 0 Å². The van der Waals surface area contributed by atoms with Crippen LogP contribution in [0.3, 0.4) is 0 Å². The van der Waals surface area contributed by atoms with E-state index in [1.54, 1.807) is 17.0 Å². The Morgan fingerprint density at radius 2 is 1.73 bits per heavy atom. The lowest BCUT2D eigenvalue weighted by molar-refractivity contribution is -0.141. The van der Waals surface area contributed by atoms with Crippen molar-refractivity contribution in [3.8, 4) is 0 Å². The first-order valence-corrected chi connectivity index (χ1v) is 12.2. The van der Waals surface area contributed by atoms with Crippen molar-refractivity contribution < 1.29 is 9.59 Å². The highest BCUT2D eigenvalue weighted by Gasteiger charge is 2.28. The fourth-order valence-corrected chi connectivity index (χ4v) is 4.48. The lowest BCUT2D eigenvalue weighted by Crippen LogP contribution is -2.49. The second kappa shape index (κ2) is 12.1. The van der Waals surface area contributed by atoms with E-state index in [2.05, 4.69) is 29.6 Å². The molecule has 0 heterocycles. The maximum absolute atomic E-state index is 13.5. The first-order valence-electron chi connectivity index (χ1n) is 11.4. The molecule has 3 rings (SSSR count). The van der Waals surface area contributed by atoms with Crippen molar-refractivity contribution in [3.63, 3.8) is 0 Å². The largest absolute Gasteiger partial charge is 0.354 e. The molecule has 0 aliphatic heterocycles. The minimum absolute atomic E-state index is 0.0764. The van der Waals surface area contributed by atoms with Crippen LogP contribution >= 0.6 is 23.2 Å². The van der Waals surface area contributed by atoms with Crippen molar-refractivity contribution in [3.05, 3.63) is 81.8 Å². The minimum atomic E-state index is -0.566. The first-order chi connectivity index (χ1) is 15.9. The van der Waals surface area contributed by atoms with Crippen LogP contribution in [0, 0.1) is 0 Å². The van der Waals surface area contributed by atoms with E-state index in [1.807, 2.05) is 38.1 Å². The van der Waals surface area contributed by atoms with Gasteiger partial charge in [-0.2, -0.15) is 0 Å². The number of carbonyl (C=O) groups excluding carboxylic acids is 2. The Morgan fingerprint density at radius 1 is 0.970 bits per heavy atom. The number of amides is 2. The number of aryl methyl sites for hydroxylation is 1. The predicted molar refractivity (Wildman–Crippen MR) is 137 cm³/mol. The topological polar surface area (TPSA) is 49.4 Å². The van der Waals surface area contributed by atoms with Crippen molar-refractivity contribution in [2.24, 2.45) is 0 Å². The lowest BCUT2D eigenvalue weighted by atomic mass is 10.00. The van der Waals surface area contributed by atoms with Gasteiger partial charge in [-0.05, 0) is 53.3 Å². The van der Waals surface area contributed by atoms with Crippen LogP contribution in [0.25, 0.3) is 10.8 Å². The van der Waals surface area contributed by atoms with Crippen LogP contribution < -0.4 is 5.32 Å². The van der Waals surface area contributed by atoms with E-state index in [4.69, 9.17) is 23.2 Å². The van der Waals surface area contributed by atoms with Crippen molar-refractivity contribution >= 4 is 45.8 Å². The van der Waals surface area contributed by atoms with E-state index in [1.165, 1.54) is 0 Å². The molecule has 6 heteroatoms. The van der Waals surface area contributed by atoms with E-state index < -0.39 is 6.04 Å². The molecule has 0 radical (unpaired) electrons. The van der Waals surface area contributed by atoms with Gasteiger partial charge < -0.3 is 10.2 Å². The van der Waals surface area contributed by atoms with Gasteiger partial charge in [-0.25, -0.2) is 0 Å². The van der Waals surface area contributed by atoms with Crippen molar-refractivity contribution in [2.75, 3.05) is 6.54 Å². The third-order valence-corrected chi connectivity index (χ3v) is 6.37. The van der Waals surface area contributed by atoms with E-state index in [-0.39, 0.29) is 18.4 Å². The van der Waals surface area contributed by atoms with Crippen LogP contribution in [-0.4, -0.2) is 29.3 Å². The van der Waals surface area contributed by atoms with Gasteiger partial charge in [-0.15, -0.1) is 0 Å². The molecule has 0 aliphatic carbocycles. The standard InChI is InChI=1S/C27H30Cl2N2O2/c1-3-16-30-27(33)25(4-2)31(18-21-12-14-22(28)17-24(21)29)26(32)15-13-20-10-7-9-19-8-5-6-11-23(19)20/h5-12,14,17,25H,3-4,13,15-16,18H2,1-2H3,(H,30,33)/t25-/m0/s1. The molecule has 4 nitrogen and oxygen atoms in total. The highest BCUT2D eigenvalue weighted by atomic mass is 35.5. The van der Waals surface area contributed by atoms with Crippen LogP contribution in [0.1, 0.15) is 44.2 Å². The summed E-state index contributed by atoms with van der Waals surface area (Å²) in [6.07, 6.45) is 2.25. The molecule has 0 aliphatic rings. The fraction of sp³-hybridized carbons (Fsp3) is 0.333. The van der Waals surface area contributed by atoms with Gasteiger partial charge in [0.25, 0.3) is 0 Å². The second-order valence-corrected chi connectivity index (χ2v) is 8.95. The zero-order chi connectivity index (χ0) is 23.8. The molecule has 33 heavy (non-hydrogen) atoms. The fourth-order valence-electron chi connectivity index (χ4n) is 4.01. The molecular weight excluding hydrogens is 455 g/mol. The van der Waals surface area contributed by atoms with E-state index in [0.717, 1.165) is 28.3 Å². The molecule has 2 amide bonds. The summed E-state index contributed by atoms with van der Waals surface area (Å²) in [6, 6.07) is 19.0. The summed E-state index contributed by atoms with van der Waals surface area (Å²) < 4.78 is 0. The Balaban J connectivity index is 1.84. The van der Waals surface area contributed by atoms with E-state index in [9.17, 15) is 9.59 Å². The molecule has 3 aromatic rings. The Kier molecular flexibility index (Phi) is 9.16. The number of benzene rings is 3. The zero-order valence-electron chi connectivity index (χ0n) is 19.1. The summed E-state index contributed by atoms with van der Waals surface area (Å²) in [5.41, 5.74) is 1.88. The number of fused-ring (bicyclic) bond motifs is 1. The molecular formula is C27H30Cl2N2O2. The highest BCUT2D eigenvalue weighted by Crippen LogP contribution is 2.25. The number of halogens is 2. The third kappa shape index (κ3) is 6.49. The lowest BCUT2D eigenvalue weighted by Gasteiger charge is -2.31. The molecule has 0 spiro atoms. The van der Waals surface area contributed by atoms with Crippen molar-refractivity contribution in [1.29, 1.82) is 0 Å². The monoisotopic (exact) mass is 484 g/mol. The molecule has 0 saturated heterocycles. The Labute approximate surface area is 205 Å². The summed E-state index contributed by atoms with van der Waals surface area (Å²) in [6.45, 7) is 4.75. The molecule has 0 aromatic heterocycles. The SMILES string of the molecule is CCCNC(=O)[C@H](CC)N(Cc1ccc(Cl)cc1Cl)C(=O)CCc1cccc2ccccc12. The molecule has 1 atom stereocenters. The summed E-state index contributed by atoms with van der Waals surface area (Å²) in [4.78, 5) is 28.0. The third-order valence-electron chi connectivity index (χ3n) is 5.78. The smallest absolute Gasteiger partial charge is 0.242 e. The van der Waals surface area contributed by atoms with Gasteiger partial charge in [0.15, 0.2) is 0 Å². The summed E-state index contributed by atoms with van der Waals surface area (Å²) in [5, 5.41) is 6.25. The average molecular weight is 485 g/mol. The zero-order valence-corrected chi connectivity index (χ0v) is 20.6. The molecule has 0 bridgehead atoms. The van der Waals surface area contributed by atoms with Crippen LogP contribution in [0.2, 0.25) is 10.0 Å². The van der Waals surface area contributed by atoms with Gasteiger partial charge in [-0.1, -0.05) is 85.6 Å². The maximum Gasteiger partial charge on any atom is 0.242 e. The van der Waals surface area contributed by atoms with Crippen LogP contribution in [-0.2, 0) is 22.6 Å². The predicted octanol–water partition coefficient (Wildman–Crippen LogP) is 6.41. The van der Waals surface area contributed by atoms with Crippen LogP contribution in [0.15, 0.2) is 60.7 Å². The van der Waals surface area contributed by atoms with Gasteiger partial charge in [0, 0.05) is 29.6 Å². The Hall–Kier alpha value is -2.56. The molecule has 0 fully saturated rings. The number of hydrogen-bond donors (Lipinski definition) is 1. The number of hydrogen-bond acceptors (Lipinski definition) is 2. The quantitative estimate of drug-likeness (QED) is 0.361. The number of nitrogens with one attached hydrogen (secondary N) is 1. The van der Waals surface area contributed by atoms with Crippen molar-refractivity contribution in [1.82, 2.24) is 10.2 Å². The molecule has 0 unspecified atom stereocenters. The highest BCUT2D eigenvalue weighted by molar-refractivity contribution is 6.35. The first kappa shape index (κ1) is 25.1. The number of carbonyl (C=O) groups is 2. The molecule has 174 valence electrons. The van der Waals surface area contributed by atoms with Gasteiger partial charge in [0.1, 0.15) is 6.04 Å². The van der Waals surface area contributed by atoms with Gasteiger partial charge in [0.05, 0.1) is 0 Å². The van der Waals surface area contributed by atoms with Crippen LogP contribution in [0.5, 0.6) is 0 Å². The molecule has 1 N–H and O–H groups in total. The van der Waals surface area contributed by atoms with E-state index >= 15 is 0 Å². The Bertz CT molecular complexity index is 1110. The normalized spacial score (nSPS) is 11.9. The van der Waals surface area contributed by atoms with Gasteiger partial charge in [-0.3, -0.25) is 9.59 Å². The number of rotatable bonds is 10. The number of nitrogens with zero attached hydrogens (tertiary/aromatic N) is 1. The summed E-state index contributed by atoms with van der Waals surface area (Å²) in [7, 11) is 0. The van der Waals surface area contributed by atoms with Crippen molar-refractivity contribution in [2.45, 2.75) is 52.1 Å². The Morgan fingerprint density at radius 3 is 2.45 bits per heavy atom. The minimum Gasteiger partial charge on any atom is -0.354 e.